The number of hydrogen-bond acceptors (Lipinski definition) is 1. The summed E-state index contributed by atoms with van der Waals surface area (Å²) in [5, 5.41) is 2.40. The van der Waals surface area contributed by atoms with Gasteiger partial charge in [0.2, 0.25) is 0 Å². The summed E-state index contributed by atoms with van der Waals surface area (Å²) in [4.78, 5) is 0. The minimum absolute atomic E-state index is 0.0646. The molecule has 0 atom stereocenters. The van der Waals surface area contributed by atoms with Gasteiger partial charge < -0.3 is 5.32 Å². The van der Waals surface area contributed by atoms with Crippen molar-refractivity contribution in [3.63, 3.8) is 0 Å². The second-order valence-electron chi connectivity index (χ2n) is 5.09. The zero-order chi connectivity index (χ0) is 15.6. The van der Waals surface area contributed by atoms with Crippen molar-refractivity contribution in [3.8, 4) is 0 Å². The molecule has 0 aliphatic carbocycles. The molecule has 0 aliphatic heterocycles. The van der Waals surface area contributed by atoms with Gasteiger partial charge in [-0.2, -0.15) is 0 Å². The Balaban J connectivity index is 2.17. The van der Waals surface area contributed by atoms with Gasteiger partial charge in [-0.05, 0) is 17.0 Å². The fourth-order valence-electron chi connectivity index (χ4n) is 1.94. The van der Waals surface area contributed by atoms with E-state index in [1.54, 1.807) is 12.1 Å². The van der Waals surface area contributed by atoms with Gasteiger partial charge in [0.05, 0.1) is 0 Å². The van der Waals surface area contributed by atoms with Crippen molar-refractivity contribution < 1.29 is 17.6 Å². The summed E-state index contributed by atoms with van der Waals surface area (Å²) in [5.74, 6) is -5.32. The molecule has 2 aromatic carbocycles. The number of hydrogen-bond donors (Lipinski definition) is 1. The van der Waals surface area contributed by atoms with Crippen LogP contribution in [-0.2, 0) is 6.54 Å². The number of anilines is 1. The van der Waals surface area contributed by atoms with Gasteiger partial charge in [0.1, 0.15) is 5.69 Å². The molecule has 0 saturated carbocycles. The van der Waals surface area contributed by atoms with Crippen LogP contribution < -0.4 is 5.32 Å². The molecular formula is C16H15F4N. The van der Waals surface area contributed by atoms with Crippen molar-refractivity contribution in [2.45, 2.75) is 26.3 Å². The minimum atomic E-state index is -1.42. The fourth-order valence-corrected chi connectivity index (χ4v) is 1.94. The molecule has 0 aromatic heterocycles. The second kappa shape index (κ2) is 6.16. The maximum atomic E-state index is 13.5. The van der Waals surface area contributed by atoms with E-state index >= 15 is 0 Å². The molecule has 0 radical (unpaired) electrons. The molecule has 1 nitrogen and oxygen atoms in total. The van der Waals surface area contributed by atoms with E-state index in [0.29, 0.717) is 5.92 Å². The first-order valence-corrected chi connectivity index (χ1v) is 6.56. The third kappa shape index (κ3) is 3.35. The summed E-state index contributed by atoms with van der Waals surface area (Å²) in [6.45, 7) is 4.16. The molecule has 0 spiro atoms. The lowest BCUT2D eigenvalue weighted by Gasteiger charge is -2.11. The van der Waals surface area contributed by atoms with Crippen LogP contribution in [0.1, 0.15) is 30.9 Å². The Kier molecular flexibility index (Phi) is 4.50. The third-order valence-electron chi connectivity index (χ3n) is 3.23. The molecule has 5 heteroatoms. The number of benzene rings is 2. The molecule has 0 amide bonds. The van der Waals surface area contributed by atoms with Crippen LogP contribution in [0.25, 0.3) is 0 Å². The van der Waals surface area contributed by atoms with Crippen LogP contribution in [-0.4, -0.2) is 0 Å². The molecule has 0 aliphatic rings. The maximum Gasteiger partial charge on any atom is 0.185 e. The van der Waals surface area contributed by atoms with Crippen molar-refractivity contribution >= 4 is 5.69 Å². The SMILES string of the molecule is CC(C)c1ccc(CNc2c(F)c(F)cc(F)c2F)cc1. The first-order valence-electron chi connectivity index (χ1n) is 6.56. The zero-order valence-corrected chi connectivity index (χ0v) is 11.7. The summed E-state index contributed by atoms with van der Waals surface area (Å²) in [7, 11) is 0. The lowest BCUT2D eigenvalue weighted by atomic mass is 10.0. The average molecular weight is 297 g/mol. The van der Waals surface area contributed by atoms with E-state index in [4.69, 9.17) is 0 Å². The van der Waals surface area contributed by atoms with Gasteiger partial charge in [-0.25, -0.2) is 17.6 Å². The van der Waals surface area contributed by atoms with E-state index in [0.717, 1.165) is 11.1 Å². The fraction of sp³-hybridized carbons (Fsp3) is 0.250. The Morgan fingerprint density at radius 1 is 0.905 bits per heavy atom. The van der Waals surface area contributed by atoms with Crippen molar-refractivity contribution in [2.24, 2.45) is 0 Å². The Morgan fingerprint density at radius 3 is 1.90 bits per heavy atom. The van der Waals surface area contributed by atoms with Crippen LogP contribution >= 0.6 is 0 Å². The van der Waals surface area contributed by atoms with Crippen LogP contribution in [0.3, 0.4) is 0 Å². The lowest BCUT2D eigenvalue weighted by Crippen LogP contribution is -2.07. The average Bonchev–Trinajstić information content (AvgIpc) is 2.45. The molecular weight excluding hydrogens is 282 g/mol. The first-order chi connectivity index (χ1) is 9.90. The van der Waals surface area contributed by atoms with Gasteiger partial charge in [0.25, 0.3) is 0 Å². The summed E-state index contributed by atoms with van der Waals surface area (Å²) in [6, 6.07) is 7.59. The van der Waals surface area contributed by atoms with Crippen LogP contribution in [0.15, 0.2) is 30.3 Å². The number of rotatable bonds is 4. The van der Waals surface area contributed by atoms with Gasteiger partial charge in [0.15, 0.2) is 23.3 Å². The number of nitrogens with one attached hydrogen (secondary N) is 1. The Labute approximate surface area is 120 Å². The lowest BCUT2D eigenvalue weighted by molar-refractivity contribution is 0.458. The van der Waals surface area contributed by atoms with Gasteiger partial charge in [-0.3, -0.25) is 0 Å². The summed E-state index contributed by atoms with van der Waals surface area (Å²) >= 11 is 0. The molecule has 0 saturated heterocycles. The van der Waals surface area contributed by atoms with Crippen molar-refractivity contribution in [1.29, 1.82) is 0 Å². The molecule has 0 unspecified atom stereocenters. The van der Waals surface area contributed by atoms with Crippen molar-refractivity contribution in [3.05, 3.63) is 64.7 Å². The highest BCUT2D eigenvalue weighted by Gasteiger charge is 2.18. The standard InChI is InChI=1S/C16H15F4N/c1-9(2)11-5-3-10(4-6-11)8-21-16-14(19)12(17)7-13(18)15(16)20/h3-7,9,21H,8H2,1-2H3. The van der Waals surface area contributed by atoms with Gasteiger partial charge in [0, 0.05) is 12.6 Å². The van der Waals surface area contributed by atoms with Gasteiger partial charge >= 0.3 is 0 Å². The third-order valence-corrected chi connectivity index (χ3v) is 3.23. The van der Waals surface area contributed by atoms with Crippen LogP contribution in [0.5, 0.6) is 0 Å². The predicted molar refractivity (Wildman–Crippen MR) is 74.1 cm³/mol. The molecule has 0 bridgehead atoms. The quantitative estimate of drug-likeness (QED) is 0.620. The highest BCUT2D eigenvalue weighted by molar-refractivity contribution is 5.47. The monoisotopic (exact) mass is 297 g/mol. The van der Waals surface area contributed by atoms with E-state index in [2.05, 4.69) is 5.32 Å². The largest absolute Gasteiger partial charge is 0.376 e. The topological polar surface area (TPSA) is 12.0 Å². The molecule has 0 heterocycles. The van der Waals surface area contributed by atoms with Crippen molar-refractivity contribution in [2.75, 3.05) is 5.32 Å². The van der Waals surface area contributed by atoms with Crippen LogP contribution in [0.2, 0.25) is 0 Å². The normalized spacial score (nSPS) is 11.0. The Hall–Kier alpha value is -2.04. The van der Waals surface area contributed by atoms with Gasteiger partial charge in [-0.1, -0.05) is 38.1 Å². The van der Waals surface area contributed by atoms with E-state index < -0.39 is 29.0 Å². The van der Waals surface area contributed by atoms with Crippen molar-refractivity contribution in [1.82, 2.24) is 0 Å². The minimum Gasteiger partial charge on any atom is -0.376 e. The van der Waals surface area contributed by atoms with E-state index in [1.165, 1.54) is 0 Å². The Morgan fingerprint density at radius 2 is 1.43 bits per heavy atom. The summed E-state index contributed by atoms with van der Waals surface area (Å²) in [5.41, 5.74) is 1.09. The van der Waals surface area contributed by atoms with E-state index in [9.17, 15) is 17.6 Å². The van der Waals surface area contributed by atoms with E-state index in [1.807, 2.05) is 26.0 Å². The van der Waals surface area contributed by atoms with Crippen LogP contribution in [0, 0.1) is 23.3 Å². The second-order valence-corrected chi connectivity index (χ2v) is 5.09. The predicted octanol–water partition coefficient (Wildman–Crippen LogP) is 4.98. The summed E-state index contributed by atoms with van der Waals surface area (Å²) < 4.78 is 53.1. The molecule has 2 aromatic rings. The zero-order valence-electron chi connectivity index (χ0n) is 11.7. The highest BCUT2D eigenvalue weighted by Crippen LogP contribution is 2.25. The molecule has 112 valence electrons. The summed E-state index contributed by atoms with van der Waals surface area (Å²) in [6.07, 6.45) is 0. The smallest absolute Gasteiger partial charge is 0.185 e. The van der Waals surface area contributed by atoms with Gasteiger partial charge in [-0.15, -0.1) is 0 Å². The van der Waals surface area contributed by atoms with Crippen LogP contribution in [0.4, 0.5) is 23.2 Å². The molecule has 21 heavy (non-hydrogen) atoms. The highest BCUT2D eigenvalue weighted by atomic mass is 19.2. The molecule has 0 fully saturated rings. The Bertz CT molecular complexity index is 609. The van der Waals surface area contributed by atoms with E-state index in [-0.39, 0.29) is 12.6 Å². The maximum absolute atomic E-state index is 13.5. The first kappa shape index (κ1) is 15.4. The molecule has 1 N–H and O–H groups in total. The number of halogens is 4. The molecule has 2 rings (SSSR count).